The van der Waals surface area contributed by atoms with Gasteiger partial charge in [-0.2, -0.15) is 4.98 Å². The number of fused-ring (bicyclic) bond motifs is 2. The van der Waals surface area contributed by atoms with E-state index in [-0.39, 0.29) is 16.8 Å². The van der Waals surface area contributed by atoms with Crippen molar-refractivity contribution in [1.82, 2.24) is 19.7 Å². The molecule has 0 saturated carbocycles. The van der Waals surface area contributed by atoms with Crippen molar-refractivity contribution in [2.75, 3.05) is 11.9 Å². The smallest absolute Gasteiger partial charge is 0.273 e. The number of ether oxygens (including phenoxy) is 1. The quantitative estimate of drug-likeness (QED) is 0.333. The Balaban J connectivity index is 1.50. The molecule has 35 heavy (non-hydrogen) atoms. The first-order valence-corrected chi connectivity index (χ1v) is 17.5. The van der Waals surface area contributed by atoms with Crippen LogP contribution in [0.4, 0.5) is 11.6 Å². The average molecular weight is 512 g/mol. The Bertz CT molecular complexity index is 1300. The normalized spacial score (nSPS) is 15.3. The van der Waals surface area contributed by atoms with Gasteiger partial charge < -0.3 is 10.1 Å². The number of aromatic nitrogens is 4. The molecule has 1 N–H and O–H groups in total. The molecule has 0 amide bonds. The van der Waals surface area contributed by atoms with Gasteiger partial charge >= 0.3 is 0 Å². The van der Waals surface area contributed by atoms with Gasteiger partial charge in [0, 0.05) is 32.8 Å². The van der Waals surface area contributed by atoms with Crippen LogP contribution in [0.25, 0.3) is 0 Å². The summed E-state index contributed by atoms with van der Waals surface area (Å²) < 4.78 is 34.0. The van der Waals surface area contributed by atoms with E-state index in [4.69, 9.17) is 4.74 Å². The second-order valence-corrected chi connectivity index (χ2v) is 18.1. The predicted molar refractivity (Wildman–Crippen MR) is 138 cm³/mol. The van der Waals surface area contributed by atoms with Crippen molar-refractivity contribution in [3.8, 4) is 0 Å². The monoisotopic (exact) mass is 511 g/mol. The number of anilines is 2. The minimum atomic E-state index is -3.90. The average Bonchev–Trinajstić information content (AvgIpc) is 3.56. The Morgan fingerprint density at radius 3 is 2.43 bits per heavy atom. The Hall–Kier alpha value is -2.56. The molecule has 186 valence electrons. The lowest BCUT2D eigenvalue weighted by Crippen LogP contribution is -2.22. The van der Waals surface area contributed by atoms with Gasteiger partial charge in [-0.3, -0.25) is 4.98 Å². The van der Waals surface area contributed by atoms with Crippen LogP contribution in [0.5, 0.6) is 0 Å². The number of rotatable bonds is 9. The summed E-state index contributed by atoms with van der Waals surface area (Å²) in [5.74, 6) is 0.398. The van der Waals surface area contributed by atoms with E-state index in [0.29, 0.717) is 12.6 Å². The van der Waals surface area contributed by atoms with Crippen molar-refractivity contribution in [3.63, 3.8) is 0 Å². The maximum Gasteiger partial charge on any atom is 0.273 e. The van der Waals surface area contributed by atoms with Gasteiger partial charge in [-0.25, -0.2) is 13.1 Å². The molecule has 0 radical (unpaired) electrons. The highest BCUT2D eigenvalue weighted by atomic mass is 32.2. The summed E-state index contributed by atoms with van der Waals surface area (Å²) in [6.45, 7) is 7.64. The third-order valence-corrected chi connectivity index (χ3v) is 9.98. The van der Waals surface area contributed by atoms with Crippen LogP contribution in [0.2, 0.25) is 25.7 Å². The van der Waals surface area contributed by atoms with Gasteiger partial charge in [-0.05, 0) is 79.0 Å². The van der Waals surface area contributed by atoms with Gasteiger partial charge in [0.25, 0.3) is 5.16 Å². The maximum atomic E-state index is 13.2. The number of nitrogens with one attached hydrogen (secondary N) is 1. The van der Waals surface area contributed by atoms with Gasteiger partial charge in [-0.15, -0.1) is 5.10 Å². The lowest BCUT2D eigenvalue weighted by molar-refractivity contribution is 0.0792. The fourth-order valence-electron chi connectivity index (χ4n) is 4.84. The first-order valence-electron chi connectivity index (χ1n) is 12.3. The first-order chi connectivity index (χ1) is 16.7. The van der Waals surface area contributed by atoms with Crippen LogP contribution in [0.1, 0.15) is 35.1 Å². The fraction of sp³-hybridized carbons (Fsp3) is 0.480. The molecular formula is C25H33N5O3SSi. The van der Waals surface area contributed by atoms with Crippen LogP contribution >= 0.6 is 0 Å². The van der Waals surface area contributed by atoms with Crippen LogP contribution in [0, 0.1) is 0 Å². The van der Waals surface area contributed by atoms with Crippen molar-refractivity contribution in [2.24, 2.45) is 0 Å². The van der Waals surface area contributed by atoms with E-state index in [0.717, 1.165) is 50.3 Å². The van der Waals surface area contributed by atoms with Crippen LogP contribution in [-0.2, 0) is 47.0 Å². The first kappa shape index (κ1) is 24.1. The highest BCUT2D eigenvalue weighted by molar-refractivity contribution is 7.91. The van der Waals surface area contributed by atoms with Gasteiger partial charge in [0.15, 0.2) is 0 Å². The summed E-state index contributed by atoms with van der Waals surface area (Å²) >= 11 is 0. The number of sulfone groups is 1. The Labute approximate surface area is 208 Å². The lowest BCUT2D eigenvalue weighted by atomic mass is 9.99. The van der Waals surface area contributed by atoms with Crippen molar-refractivity contribution >= 4 is 29.5 Å². The molecule has 10 heteroatoms. The molecular weight excluding hydrogens is 478 g/mol. The molecule has 0 spiro atoms. The third kappa shape index (κ3) is 5.05. The molecule has 0 aliphatic heterocycles. The minimum absolute atomic E-state index is 0.0739. The molecule has 0 atom stereocenters. The van der Waals surface area contributed by atoms with Crippen molar-refractivity contribution in [3.05, 3.63) is 52.8 Å². The zero-order chi connectivity index (χ0) is 24.6. The number of pyridine rings is 1. The van der Waals surface area contributed by atoms with Crippen molar-refractivity contribution in [1.29, 1.82) is 0 Å². The van der Waals surface area contributed by atoms with E-state index < -0.39 is 17.9 Å². The predicted octanol–water partition coefficient (Wildman–Crippen LogP) is 4.54. The number of hydrogen-bond acceptors (Lipinski definition) is 7. The fourth-order valence-corrected chi connectivity index (χ4v) is 6.67. The van der Waals surface area contributed by atoms with E-state index in [1.54, 1.807) is 16.9 Å². The minimum Gasteiger partial charge on any atom is -0.359 e. The molecule has 3 aromatic rings. The summed E-state index contributed by atoms with van der Waals surface area (Å²) in [6.07, 6.45) is 9.36. The summed E-state index contributed by atoms with van der Waals surface area (Å²) in [7, 11) is -5.16. The van der Waals surface area contributed by atoms with Crippen molar-refractivity contribution in [2.45, 2.75) is 81.0 Å². The lowest BCUT2D eigenvalue weighted by Gasteiger charge is -2.18. The molecule has 5 rings (SSSR count). The second kappa shape index (κ2) is 9.48. The molecule has 8 nitrogen and oxygen atoms in total. The molecule has 0 saturated heterocycles. The molecule has 1 aromatic carbocycles. The highest BCUT2D eigenvalue weighted by Gasteiger charge is 2.28. The van der Waals surface area contributed by atoms with Crippen LogP contribution < -0.4 is 5.32 Å². The van der Waals surface area contributed by atoms with Gasteiger partial charge in [0.1, 0.15) is 6.73 Å². The standard InChI is InChI=1S/C25H33N5O3SSi/c1-35(2,3)14-13-33-17-30-24(28-25(29-30)34(31,32)20-9-6-12-26-16-20)27-23-21-10-4-7-18(21)15-19-8-5-11-22(19)23/h6,9,12,15-16H,4-5,7-8,10-11,13-14,17H2,1-3H3,(H,27,28,29). The Kier molecular flexibility index (Phi) is 6.54. The molecule has 0 fully saturated rings. The van der Waals surface area contributed by atoms with Gasteiger partial charge in [-0.1, -0.05) is 25.7 Å². The summed E-state index contributed by atoms with van der Waals surface area (Å²) in [5.41, 5.74) is 6.55. The highest BCUT2D eigenvalue weighted by Crippen LogP contribution is 2.40. The van der Waals surface area contributed by atoms with E-state index in [1.165, 1.54) is 34.5 Å². The van der Waals surface area contributed by atoms with E-state index in [9.17, 15) is 8.42 Å². The zero-order valence-corrected chi connectivity index (χ0v) is 22.5. The summed E-state index contributed by atoms with van der Waals surface area (Å²) in [6, 6.07) is 6.50. The number of aryl methyl sites for hydroxylation is 2. The molecule has 2 aromatic heterocycles. The SMILES string of the molecule is C[Si](C)(C)CCOCn1nc(S(=O)(=O)c2cccnc2)nc1Nc1c2c(cc3c1CCC3)CCC2. The third-order valence-electron chi connectivity index (χ3n) is 6.76. The molecule has 2 heterocycles. The van der Waals surface area contributed by atoms with E-state index >= 15 is 0 Å². The number of benzene rings is 1. The molecule has 0 unspecified atom stereocenters. The molecule has 0 bridgehead atoms. The Morgan fingerprint density at radius 1 is 1.09 bits per heavy atom. The van der Waals surface area contributed by atoms with Crippen LogP contribution in [-0.4, -0.2) is 42.8 Å². The largest absolute Gasteiger partial charge is 0.359 e. The summed E-state index contributed by atoms with van der Waals surface area (Å²) in [5, 5.41) is 7.66. The molecule has 2 aliphatic rings. The van der Waals surface area contributed by atoms with Crippen molar-refractivity contribution < 1.29 is 13.2 Å². The maximum absolute atomic E-state index is 13.2. The zero-order valence-electron chi connectivity index (χ0n) is 20.7. The van der Waals surface area contributed by atoms with Gasteiger partial charge in [0.2, 0.25) is 15.8 Å². The number of nitrogens with zero attached hydrogens (tertiary/aromatic N) is 4. The van der Waals surface area contributed by atoms with Crippen LogP contribution in [0.15, 0.2) is 40.6 Å². The second-order valence-electron chi connectivity index (χ2n) is 10.6. The van der Waals surface area contributed by atoms with E-state index in [2.05, 4.69) is 46.1 Å². The van der Waals surface area contributed by atoms with Gasteiger partial charge in [0.05, 0.1) is 4.90 Å². The van der Waals surface area contributed by atoms with E-state index in [1.807, 2.05) is 0 Å². The number of hydrogen-bond donors (Lipinski definition) is 1. The Morgan fingerprint density at radius 2 is 1.80 bits per heavy atom. The van der Waals surface area contributed by atoms with Crippen LogP contribution in [0.3, 0.4) is 0 Å². The topological polar surface area (TPSA) is 99.0 Å². The summed E-state index contributed by atoms with van der Waals surface area (Å²) in [4.78, 5) is 8.52. The molecule has 2 aliphatic carbocycles.